The average Bonchev–Trinajstić information content (AvgIpc) is 2.59. The van der Waals surface area contributed by atoms with E-state index in [0.717, 1.165) is 5.56 Å². The molecule has 2 N–H and O–H groups in total. The lowest BCUT2D eigenvalue weighted by Crippen LogP contribution is -2.36. The summed E-state index contributed by atoms with van der Waals surface area (Å²) >= 11 is 0. The summed E-state index contributed by atoms with van der Waals surface area (Å²) in [7, 11) is 3.87. The Hall–Kier alpha value is -2.73. The summed E-state index contributed by atoms with van der Waals surface area (Å²) in [4.78, 5) is 27.7. The molecule has 0 heterocycles. The molecule has 0 unspecified atom stereocenters. The lowest BCUT2D eigenvalue weighted by Gasteiger charge is -2.25. The molecule has 0 aliphatic carbocycles. The van der Waals surface area contributed by atoms with Crippen LogP contribution in [0.15, 0.2) is 48.5 Å². The highest BCUT2D eigenvalue weighted by Crippen LogP contribution is 2.12. The van der Waals surface area contributed by atoms with Crippen molar-refractivity contribution in [3.8, 4) is 0 Å². The zero-order chi connectivity index (χ0) is 18.4. The summed E-state index contributed by atoms with van der Waals surface area (Å²) in [5.41, 5.74) is 6.91. The van der Waals surface area contributed by atoms with Gasteiger partial charge in [0.15, 0.2) is 0 Å². The van der Waals surface area contributed by atoms with Gasteiger partial charge in [-0.2, -0.15) is 0 Å². The summed E-state index contributed by atoms with van der Waals surface area (Å²) in [6, 6.07) is 12.4. The second kappa shape index (κ2) is 8.39. The summed E-state index contributed by atoms with van der Waals surface area (Å²) in [6.07, 6.45) is 0. The molecule has 25 heavy (non-hydrogen) atoms. The van der Waals surface area contributed by atoms with E-state index in [1.54, 1.807) is 29.2 Å². The topological polar surface area (TPSA) is 66.6 Å². The summed E-state index contributed by atoms with van der Waals surface area (Å²) < 4.78 is 13.1. The van der Waals surface area contributed by atoms with Gasteiger partial charge >= 0.3 is 0 Å². The number of halogens is 1. The standard InChI is InChI=1S/C19H22FN3O2/c1-22(2)11-12-23(13-14-3-9-17(20)10-4-14)19(25)16-7-5-15(6-8-16)18(21)24/h3-10H,11-13H2,1-2H3,(H2,21,24). The number of carbonyl (C=O) groups is 2. The third kappa shape index (κ3) is 5.39. The van der Waals surface area contributed by atoms with Crippen molar-refractivity contribution in [2.24, 2.45) is 5.73 Å². The van der Waals surface area contributed by atoms with Gasteiger partial charge in [-0.05, 0) is 56.1 Å². The molecule has 0 saturated heterocycles. The molecule has 0 aliphatic heterocycles. The van der Waals surface area contributed by atoms with E-state index in [2.05, 4.69) is 0 Å². The third-order valence-electron chi connectivity index (χ3n) is 3.81. The molecule has 132 valence electrons. The molecule has 2 aromatic carbocycles. The zero-order valence-corrected chi connectivity index (χ0v) is 14.4. The van der Waals surface area contributed by atoms with Crippen LogP contribution >= 0.6 is 0 Å². The second-order valence-corrected chi connectivity index (χ2v) is 6.10. The maximum atomic E-state index is 13.1. The van der Waals surface area contributed by atoms with Crippen LogP contribution in [0.4, 0.5) is 4.39 Å². The van der Waals surface area contributed by atoms with Crippen molar-refractivity contribution in [2.75, 3.05) is 27.2 Å². The van der Waals surface area contributed by atoms with E-state index < -0.39 is 5.91 Å². The predicted octanol–water partition coefficient (Wildman–Crippen LogP) is 2.13. The molecule has 0 atom stereocenters. The Labute approximate surface area is 146 Å². The van der Waals surface area contributed by atoms with E-state index in [1.807, 2.05) is 19.0 Å². The molecule has 2 aromatic rings. The number of hydrogen-bond donors (Lipinski definition) is 1. The van der Waals surface area contributed by atoms with Crippen LogP contribution in [0.3, 0.4) is 0 Å². The average molecular weight is 343 g/mol. The Morgan fingerprint density at radius 2 is 1.48 bits per heavy atom. The predicted molar refractivity (Wildman–Crippen MR) is 94.7 cm³/mol. The minimum atomic E-state index is -0.533. The first-order valence-electron chi connectivity index (χ1n) is 7.95. The molecule has 0 bridgehead atoms. The van der Waals surface area contributed by atoms with Gasteiger partial charge < -0.3 is 15.5 Å². The number of carbonyl (C=O) groups excluding carboxylic acids is 2. The van der Waals surface area contributed by atoms with Gasteiger partial charge in [-0.1, -0.05) is 12.1 Å². The molecular weight excluding hydrogens is 321 g/mol. The van der Waals surface area contributed by atoms with Gasteiger partial charge in [-0.25, -0.2) is 4.39 Å². The first-order valence-corrected chi connectivity index (χ1v) is 7.95. The molecule has 5 nitrogen and oxygen atoms in total. The number of rotatable bonds is 7. The fourth-order valence-electron chi connectivity index (χ4n) is 2.34. The third-order valence-corrected chi connectivity index (χ3v) is 3.81. The number of nitrogens with two attached hydrogens (primary N) is 1. The van der Waals surface area contributed by atoms with Crippen molar-refractivity contribution in [1.82, 2.24) is 9.80 Å². The minimum Gasteiger partial charge on any atom is -0.366 e. The maximum absolute atomic E-state index is 13.1. The van der Waals surface area contributed by atoms with Crippen LogP contribution in [0.25, 0.3) is 0 Å². The highest BCUT2D eigenvalue weighted by Gasteiger charge is 2.17. The Balaban J connectivity index is 2.19. The Kier molecular flexibility index (Phi) is 6.25. The highest BCUT2D eigenvalue weighted by atomic mass is 19.1. The molecule has 2 amide bonds. The summed E-state index contributed by atoms with van der Waals surface area (Å²) in [5.74, 6) is -0.992. The maximum Gasteiger partial charge on any atom is 0.254 e. The minimum absolute atomic E-state index is 0.151. The van der Waals surface area contributed by atoms with E-state index in [-0.39, 0.29) is 11.7 Å². The van der Waals surface area contributed by atoms with Crippen LogP contribution in [0, 0.1) is 5.82 Å². The van der Waals surface area contributed by atoms with Gasteiger partial charge in [-0.15, -0.1) is 0 Å². The van der Waals surface area contributed by atoms with Crippen LogP contribution in [0.2, 0.25) is 0 Å². The van der Waals surface area contributed by atoms with Crippen molar-refractivity contribution in [1.29, 1.82) is 0 Å². The molecule has 2 rings (SSSR count). The quantitative estimate of drug-likeness (QED) is 0.837. The lowest BCUT2D eigenvalue weighted by molar-refractivity contribution is 0.0731. The molecular formula is C19H22FN3O2. The van der Waals surface area contributed by atoms with Gasteiger partial charge in [0.05, 0.1) is 0 Å². The molecule has 0 radical (unpaired) electrons. The Bertz CT molecular complexity index is 727. The fourth-order valence-corrected chi connectivity index (χ4v) is 2.34. The monoisotopic (exact) mass is 343 g/mol. The van der Waals surface area contributed by atoms with Crippen LogP contribution in [0.5, 0.6) is 0 Å². The van der Waals surface area contributed by atoms with Crippen molar-refractivity contribution >= 4 is 11.8 Å². The van der Waals surface area contributed by atoms with E-state index in [4.69, 9.17) is 5.73 Å². The summed E-state index contributed by atoms with van der Waals surface area (Å²) in [6.45, 7) is 1.61. The van der Waals surface area contributed by atoms with E-state index in [0.29, 0.717) is 30.8 Å². The van der Waals surface area contributed by atoms with Crippen LogP contribution in [-0.2, 0) is 6.54 Å². The van der Waals surface area contributed by atoms with Crippen molar-refractivity contribution in [3.63, 3.8) is 0 Å². The van der Waals surface area contributed by atoms with Crippen molar-refractivity contribution < 1.29 is 14.0 Å². The van der Waals surface area contributed by atoms with Gasteiger partial charge in [0.2, 0.25) is 5.91 Å². The SMILES string of the molecule is CN(C)CCN(Cc1ccc(F)cc1)C(=O)c1ccc(C(N)=O)cc1. The fraction of sp³-hybridized carbons (Fsp3) is 0.263. The molecule has 0 saturated carbocycles. The molecule has 0 aliphatic rings. The normalized spacial score (nSPS) is 10.7. The smallest absolute Gasteiger partial charge is 0.254 e. The van der Waals surface area contributed by atoms with Crippen LogP contribution in [-0.4, -0.2) is 48.8 Å². The van der Waals surface area contributed by atoms with Crippen molar-refractivity contribution in [2.45, 2.75) is 6.54 Å². The molecule has 6 heteroatoms. The largest absolute Gasteiger partial charge is 0.366 e. The van der Waals surface area contributed by atoms with E-state index in [1.165, 1.54) is 24.3 Å². The van der Waals surface area contributed by atoms with Gasteiger partial charge in [-0.3, -0.25) is 9.59 Å². The summed E-state index contributed by atoms with van der Waals surface area (Å²) in [5, 5.41) is 0. The lowest BCUT2D eigenvalue weighted by atomic mass is 10.1. The second-order valence-electron chi connectivity index (χ2n) is 6.10. The number of likely N-dealkylation sites (N-methyl/N-ethyl adjacent to an activating group) is 1. The van der Waals surface area contributed by atoms with Crippen LogP contribution < -0.4 is 5.73 Å². The molecule has 0 fully saturated rings. The number of benzene rings is 2. The van der Waals surface area contributed by atoms with Crippen LogP contribution in [0.1, 0.15) is 26.3 Å². The van der Waals surface area contributed by atoms with Gasteiger partial charge in [0, 0.05) is 30.8 Å². The highest BCUT2D eigenvalue weighted by molar-refractivity contribution is 5.97. The van der Waals surface area contributed by atoms with Gasteiger partial charge in [0.1, 0.15) is 5.82 Å². The van der Waals surface area contributed by atoms with E-state index in [9.17, 15) is 14.0 Å². The number of nitrogens with zero attached hydrogens (tertiary/aromatic N) is 2. The Morgan fingerprint density at radius 3 is 2.00 bits per heavy atom. The molecule has 0 spiro atoms. The number of amides is 2. The number of hydrogen-bond acceptors (Lipinski definition) is 3. The zero-order valence-electron chi connectivity index (χ0n) is 14.4. The molecule has 0 aromatic heterocycles. The van der Waals surface area contributed by atoms with E-state index >= 15 is 0 Å². The van der Waals surface area contributed by atoms with Crippen molar-refractivity contribution in [3.05, 3.63) is 71.0 Å². The first-order chi connectivity index (χ1) is 11.9. The first kappa shape index (κ1) is 18.6. The Morgan fingerprint density at radius 1 is 0.920 bits per heavy atom. The van der Waals surface area contributed by atoms with Gasteiger partial charge in [0.25, 0.3) is 5.91 Å². The number of primary amides is 1.